The molecule has 88 valence electrons. The molecule has 0 saturated heterocycles. The molecule has 0 aromatic heterocycles. The highest BCUT2D eigenvalue weighted by Gasteiger charge is 2.10. The summed E-state index contributed by atoms with van der Waals surface area (Å²) in [5.41, 5.74) is 1.03. The quantitative estimate of drug-likeness (QED) is 0.758. The SMILES string of the molecule is Cc1ccc(S(=O)(=O)/N=C\CC(C)C)cc1. The van der Waals surface area contributed by atoms with Crippen LogP contribution in [-0.2, 0) is 10.0 Å². The molecule has 0 atom stereocenters. The first-order chi connectivity index (χ1) is 7.42. The number of aryl methyl sites for hydroxylation is 1. The van der Waals surface area contributed by atoms with Gasteiger partial charge in [-0.1, -0.05) is 31.5 Å². The van der Waals surface area contributed by atoms with E-state index in [1.807, 2.05) is 20.8 Å². The lowest BCUT2D eigenvalue weighted by molar-refractivity contribution is 0.597. The van der Waals surface area contributed by atoms with Crippen LogP contribution >= 0.6 is 0 Å². The Morgan fingerprint density at radius 1 is 1.25 bits per heavy atom. The topological polar surface area (TPSA) is 46.5 Å². The van der Waals surface area contributed by atoms with E-state index in [9.17, 15) is 8.42 Å². The van der Waals surface area contributed by atoms with E-state index in [0.717, 1.165) is 5.56 Å². The number of nitrogens with zero attached hydrogens (tertiary/aromatic N) is 1. The van der Waals surface area contributed by atoms with Crippen LogP contribution in [0.25, 0.3) is 0 Å². The van der Waals surface area contributed by atoms with Gasteiger partial charge in [-0.05, 0) is 31.4 Å². The Morgan fingerprint density at radius 3 is 2.31 bits per heavy atom. The Hall–Kier alpha value is -1.16. The van der Waals surface area contributed by atoms with Crippen molar-refractivity contribution in [3.8, 4) is 0 Å². The number of hydrogen-bond acceptors (Lipinski definition) is 2. The van der Waals surface area contributed by atoms with Gasteiger partial charge in [0.15, 0.2) is 0 Å². The van der Waals surface area contributed by atoms with Crippen LogP contribution in [0, 0.1) is 12.8 Å². The molecule has 0 aliphatic carbocycles. The van der Waals surface area contributed by atoms with Crippen molar-refractivity contribution in [3.63, 3.8) is 0 Å². The number of benzene rings is 1. The monoisotopic (exact) mass is 239 g/mol. The minimum Gasteiger partial charge on any atom is -0.199 e. The molecule has 16 heavy (non-hydrogen) atoms. The highest BCUT2D eigenvalue weighted by atomic mass is 32.2. The summed E-state index contributed by atoms with van der Waals surface area (Å²) in [6, 6.07) is 6.70. The molecule has 1 aromatic rings. The van der Waals surface area contributed by atoms with E-state index >= 15 is 0 Å². The number of hydrogen-bond donors (Lipinski definition) is 0. The van der Waals surface area contributed by atoms with E-state index in [2.05, 4.69) is 4.40 Å². The summed E-state index contributed by atoms with van der Waals surface area (Å²) in [4.78, 5) is 0.248. The molecule has 0 bridgehead atoms. The van der Waals surface area contributed by atoms with E-state index in [1.54, 1.807) is 24.3 Å². The van der Waals surface area contributed by atoms with E-state index < -0.39 is 10.0 Å². The lowest BCUT2D eigenvalue weighted by Crippen LogP contribution is -1.98. The second-order valence-corrected chi connectivity index (χ2v) is 5.84. The third-order valence-electron chi connectivity index (χ3n) is 2.11. The van der Waals surface area contributed by atoms with Crippen molar-refractivity contribution in [2.24, 2.45) is 10.3 Å². The summed E-state index contributed by atoms with van der Waals surface area (Å²) in [6.07, 6.45) is 2.14. The van der Waals surface area contributed by atoms with Crippen LogP contribution in [0.15, 0.2) is 33.6 Å². The molecule has 0 aliphatic heterocycles. The predicted molar refractivity (Wildman–Crippen MR) is 66.3 cm³/mol. The van der Waals surface area contributed by atoms with Gasteiger partial charge in [0.1, 0.15) is 0 Å². The molecule has 0 unspecified atom stereocenters. The zero-order valence-corrected chi connectivity index (χ0v) is 10.7. The first-order valence-corrected chi connectivity index (χ1v) is 6.71. The maximum atomic E-state index is 11.7. The van der Waals surface area contributed by atoms with Crippen molar-refractivity contribution in [1.82, 2.24) is 0 Å². The van der Waals surface area contributed by atoms with Crippen molar-refractivity contribution in [2.45, 2.75) is 32.1 Å². The molecule has 0 radical (unpaired) electrons. The van der Waals surface area contributed by atoms with Crippen LogP contribution in [0.2, 0.25) is 0 Å². The molecular weight excluding hydrogens is 222 g/mol. The van der Waals surface area contributed by atoms with Crippen molar-refractivity contribution in [3.05, 3.63) is 29.8 Å². The first kappa shape index (κ1) is 12.9. The summed E-state index contributed by atoms with van der Waals surface area (Å²) in [7, 11) is -3.50. The molecule has 0 N–H and O–H groups in total. The Bertz CT molecular complexity index is 458. The Labute approximate surface area is 97.3 Å². The fourth-order valence-electron chi connectivity index (χ4n) is 1.12. The molecule has 1 aromatic carbocycles. The lowest BCUT2D eigenvalue weighted by Gasteiger charge is -2.00. The van der Waals surface area contributed by atoms with Gasteiger partial charge in [-0.2, -0.15) is 12.8 Å². The van der Waals surface area contributed by atoms with Gasteiger partial charge in [0.2, 0.25) is 0 Å². The van der Waals surface area contributed by atoms with E-state index in [1.165, 1.54) is 6.21 Å². The fourth-order valence-corrected chi connectivity index (χ4v) is 2.01. The maximum absolute atomic E-state index is 11.7. The molecule has 1 rings (SSSR count). The first-order valence-electron chi connectivity index (χ1n) is 5.27. The normalized spacial score (nSPS) is 12.5. The minimum atomic E-state index is -3.50. The molecule has 0 amide bonds. The average Bonchev–Trinajstić information content (AvgIpc) is 2.17. The third kappa shape index (κ3) is 3.77. The van der Waals surface area contributed by atoms with Gasteiger partial charge >= 0.3 is 0 Å². The number of sulfonamides is 1. The zero-order chi connectivity index (χ0) is 12.2. The van der Waals surface area contributed by atoms with E-state index in [-0.39, 0.29) is 4.90 Å². The van der Waals surface area contributed by atoms with Crippen molar-refractivity contribution in [1.29, 1.82) is 0 Å². The van der Waals surface area contributed by atoms with Gasteiger partial charge in [0.05, 0.1) is 4.90 Å². The smallest absolute Gasteiger partial charge is 0.199 e. The second kappa shape index (κ2) is 5.25. The van der Waals surface area contributed by atoms with E-state index in [4.69, 9.17) is 0 Å². The molecule has 0 aliphatic rings. The van der Waals surface area contributed by atoms with Crippen LogP contribution in [0.5, 0.6) is 0 Å². The standard InChI is InChI=1S/C12H17NO2S/c1-10(2)8-9-13-16(14,15)12-6-4-11(3)5-7-12/h4-7,9-10H,8H2,1-3H3/b13-9-. The van der Waals surface area contributed by atoms with Gasteiger partial charge in [0.25, 0.3) is 10.0 Å². The summed E-state index contributed by atoms with van der Waals surface area (Å²) in [6.45, 7) is 5.95. The molecule has 0 spiro atoms. The van der Waals surface area contributed by atoms with Gasteiger partial charge in [-0.25, -0.2) is 0 Å². The second-order valence-electron chi connectivity index (χ2n) is 4.21. The largest absolute Gasteiger partial charge is 0.281 e. The third-order valence-corrected chi connectivity index (χ3v) is 3.40. The van der Waals surface area contributed by atoms with Gasteiger partial charge in [-0.3, -0.25) is 0 Å². The zero-order valence-electron chi connectivity index (χ0n) is 9.84. The van der Waals surface area contributed by atoms with Crippen LogP contribution < -0.4 is 0 Å². The van der Waals surface area contributed by atoms with E-state index in [0.29, 0.717) is 12.3 Å². The Balaban J connectivity index is 2.86. The van der Waals surface area contributed by atoms with Crippen LogP contribution in [0.3, 0.4) is 0 Å². The highest BCUT2D eigenvalue weighted by Crippen LogP contribution is 2.13. The minimum absolute atomic E-state index is 0.248. The highest BCUT2D eigenvalue weighted by molar-refractivity contribution is 7.90. The van der Waals surface area contributed by atoms with Gasteiger partial charge < -0.3 is 0 Å². The summed E-state index contributed by atoms with van der Waals surface area (Å²) >= 11 is 0. The maximum Gasteiger partial charge on any atom is 0.281 e. The van der Waals surface area contributed by atoms with Crippen LogP contribution in [0.1, 0.15) is 25.8 Å². The number of rotatable bonds is 4. The van der Waals surface area contributed by atoms with Crippen molar-refractivity contribution < 1.29 is 8.42 Å². The lowest BCUT2D eigenvalue weighted by atomic mass is 10.2. The fraction of sp³-hybridized carbons (Fsp3) is 0.417. The molecule has 0 fully saturated rings. The van der Waals surface area contributed by atoms with Gasteiger partial charge in [0, 0.05) is 6.21 Å². The Morgan fingerprint density at radius 2 is 1.81 bits per heavy atom. The van der Waals surface area contributed by atoms with Gasteiger partial charge in [-0.15, -0.1) is 0 Å². The molecular formula is C12H17NO2S. The van der Waals surface area contributed by atoms with Crippen molar-refractivity contribution in [2.75, 3.05) is 0 Å². The summed E-state index contributed by atoms with van der Waals surface area (Å²) in [5.74, 6) is 0.414. The molecule has 4 heteroatoms. The predicted octanol–water partition coefficient (Wildman–Crippen LogP) is 2.80. The molecule has 0 saturated carbocycles. The molecule has 3 nitrogen and oxygen atoms in total. The molecule has 0 heterocycles. The summed E-state index contributed by atoms with van der Waals surface area (Å²) in [5, 5.41) is 0. The van der Waals surface area contributed by atoms with Crippen LogP contribution in [-0.4, -0.2) is 14.6 Å². The summed E-state index contributed by atoms with van der Waals surface area (Å²) < 4.78 is 27.1. The van der Waals surface area contributed by atoms with Crippen molar-refractivity contribution >= 4 is 16.2 Å². The van der Waals surface area contributed by atoms with Crippen LogP contribution in [0.4, 0.5) is 0 Å². The Kier molecular flexibility index (Phi) is 4.24. The average molecular weight is 239 g/mol.